The summed E-state index contributed by atoms with van der Waals surface area (Å²) in [6, 6.07) is 9.56. The van der Waals surface area contributed by atoms with Crippen LogP contribution in [-0.4, -0.2) is 18.2 Å². The van der Waals surface area contributed by atoms with Crippen molar-refractivity contribution in [2.75, 3.05) is 12.3 Å². The third-order valence-corrected chi connectivity index (χ3v) is 3.63. The summed E-state index contributed by atoms with van der Waals surface area (Å²) in [6.07, 6.45) is 1.02. The van der Waals surface area contributed by atoms with E-state index < -0.39 is 0 Å². The molecule has 1 aromatic rings. The molecule has 0 spiro atoms. The molecular formula is C15H20N2OS. The van der Waals surface area contributed by atoms with Crippen molar-refractivity contribution in [2.24, 2.45) is 5.92 Å². The number of rotatable bonds is 7. The molecule has 0 aromatic heterocycles. The van der Waals surface area contributed by atoms with E-state index in [9.17, 15) is 4.79 Å². The summed E-state index contributed by atoms with van der Waals surface area (Å²) >= 11 is 1.59. The fraction of sp³-hybridized carbons (Fsp3) is 0.467. The number of hydrogen-bond donors (Lipinski definition) is 1. The number of amides is 1. The third kappa shape index (κ3) is 6.88. The first-order valence-corrected chi connectivity index (χ1v) is 7.60. The lowest BCUT2D eigenvalue weighted by Crippen LogP contribution is -2.26. The lowest BCUT2D eigenvalue weighted by molar-refractivity contribution is -0.118. The second-order valence-electron chi connectivity index (χ2n) is 4.83. The zero-order chi connectivity index (χ0) is 14.1. The van der Waals surface area contributed by atoms with E-state index in [0.29, 0.717) is 17.2 Å². The second kappa shape index (κ2) is 8.60. The standard InChI is InChI=1S/C15H20N2OS/c1-12(2)7-8-17-15(18)11-19-10-14-5-3-13(9-16)4-6-14/h3-6,12H,7-8,10-11H2,1-2H3,(H,17,18). The van der Waals surface area contributed by atoms with E-state index in [4.69, 9.17) is 5.26 Å². The molecule has 1 aromatic carbocycles. The molecule has 0 bridgehead atoms. The number of benzene rings is 1. The molecule has 0 radical (unpaired) electrons. The fourth-order valence-corrected chi connectivity index (χ4v) is 2.31. The molecule has 0 saturated heterocycles. The van der Waals surface area contributed by atoms with Gasteiger partial charge in [-0.05, 0) is 30.0 Å². The van der Waals surface area contributed by atoms with E-state index in [1.54, 1.807) is 23.9 Å². The van der Waals surface area contributed by atoms with Crippen LogP contribution in [0.4, 0.5) is 0 Å². The highest BCUT2D eigenvalue weighted by Gasteiger charge is 2.02. The molecule has 1 amide bonds. The number of nitrogens with one attached hydrogen (secondary N) is 1. The van der Waals surface area contributed by atoms with Crippen LogP contribution in [0.5, 0.6) is 0 Å². The maximum atomic E-state index is 11.5. The van der Waals surface area contributed by atoms with Crippen LogP contribution in [0.25, 0.3) is 0 Å². The lowest BCUT2D eigenvalue weighted by Gasteiger charge is -2.07. The van der Waals surface area contributed by atoms with Crippen molar-refractivity contribution in [1.82, 2.24) is 5.32 Å². The van der Waals surface area contributed by atoms with E-state index in [2.05, 4.69) is 25.2 Å². The Hall–Kier alpha value is -1.47. The molecule has 3 nitrogen and oxygen atoms in total. The molecular weight excluding hydrogens is 256 g/mol. The minimum absolute atomic E-state index is 0.0966. The van der Waals surface area contributed by atoms with Crippen LogP contribution in [0.1, 0.15) is 31.4 Å². The molecule has 19 heavy (non-hydrogen) atoms. The number of thioether (sulfide) groups is 1. The van der Waals surface area contributed by atoms with E-state index in [1.165, 1.54) is 0 Å². The SMILES string of the molecule is CC(C)CCNC(=O)CSCc1ccc(C#N)cc1. The molecule has 0 aliphatic heterocycles. The van der Waals surface area contributed by atoms with Gasteiger partial charge in [0, 0.05) is 12.3 Å². The van der Waals surface area contributed by atoms with Crippen molar-refractivity contribution < 1.29 is 4.79 Å². The van der Waals surface area contributed by atoms with Crippen molar-refractivity contribution >= 4 is 17.7 Å². The minimum atomic E-state index is 0.0966. The van der Waals surface area contributed by atoms with E-state index in [1.807, 2.05) is 12.1 Å². The van der Waals surface area contributed by atoms with Gasteiger partial charge in [0.2, 0.25) is 5.91 Å². The predicted octanol–water partition coefficient (Wildman–Crippen LogP) is 2.95. The van der Waals surface area contributed by atoms with Crippen molar-refractivity contribution in [3.8, 4) is 6.07 Å². The van der Waals surface area contributed by atoms with Crippen molar-refractivity contribution in [1.29, 1.82) is 5.26 Å². The Kier molecular flexibility index (Phi) is 7.06. The van der Waals surface area contributed by atoms with Gasteiger partial charge in [-0.3, -0.25) is 4.79 Å². The van der Waals surface area contributed by atoms with Crippen LogP contribution in [0.15, 0.2) is 24.3 Å². The smallest absolute Gasteiger partial charge is 0.230 e. The van der Waals surface area contributed by atoms with Gasteiger partial charge < -0.3 is 5.32 Å². The topological polar surface area (TPSA) is 52.9 Å². The van der Waals surface area contributed by atoms with Crippen LogP contribution < -0.4 is 5.32 Å². The second-order valence-corrected chi connectivity index (χ2v) is 5.82. The molecule has 0 aliphatic rings. The van der Waals surface area contributed by atoms with E-state index >= 15 is 0 Å². The Balaban J connectivity index is 2.19. The van der Waals surface area contributed by atoms with Crippen molar-refractivity contribution in [3.63, 3.8) is 0 Å². The van der Waals surface area contributed by atoms with Gasteiger partial charge in [-0.1, -0.05) is 26.0 Å². The molecule has 1 N–H and O–H groups in total. The highest BCUT2D eigenvalue weighted by atomic mass is 32.2. The molecule has 0 fully saturated rings. The van der Waals surface area contributed by atoms with Crippen molar-refractivity contribution in [3.05, 3.63) is 35.4 Å². The average Bonchev–Trinajstić information content (AvgIpc) is 2.39. The summed E-state index contributed by atoms with van der Waals surface area (Å²) in [4.78, 5) is 11.5. The Labute approximate surface area is 119 Å². The number of nitrogens with zero attached hydrogens (tertiary/aromatic N) is 1. The summed E-state index contributed by atoms with van der Waals surface area (Å²) in [7, 11) is 0. The normalized spacial score (nSPS) is 10.2. The molecule has 0 heterocycles. The first-order chi connectivity index (χ1) is 9.11. The van der Waals surface area contributed by atoms with E-state index in [0.717, 1.165) is 24.3 Å². The number of carbonyl (C=O) groups excluding carboxylic acids is 1. The zero-order valence-corrected chi connectivity index (χ0v) is 12.3. The molecule has 1 rings (SSSR count). The molecule has 4 heteroatoms. The Morgan fingerprint density at radius 2 is 2.05 bits per heavy atom. The van der Waals surface area contributed by atoms with Gasteiger partial charge in [-0.15, -0.1) is 11.8 Å². The lowest BCUT2D eigenvalue weighted by atomic mass is 10.1. The zero-order valence-electron chi connectivity index (χ0n) is 11.5. The van der Waals surface area contributed by atoms with Crippen LogP contribution in [0, 0.1) is 17.2 Å². The van der Waals surface area contributed by atoms with Crippen LogP contribution in [0.2, 0.25) is 0 Å². The Bertz CT molecular complexity index is 434. The van der Waals surface area contributed by atoms with Gasteiger partial charge in [0.05, 0.1) is 17.4 Å². The summed E-state index contributed by atoms with van der Waals surface area (Å²) in [5.41, 5.74) is 1.80. The highest BCUT2D eigenvalue weighted by Crippen LogP contribution is 2.12. The summed E-state index contributed by atoms with van der Waals surface area (Å²) in [5, 5.41) is 11.6. The number of nitriles is 1. The monoisotopic (exact) mass is 276 g/mol. The van der Waals surface area contributed by atoms with Gasteiger partial charge in [-0.2, -0.15) is 5.26 Å². The highest BCUT2D eigenvalue weighted by molar-refractivity contribution is 7.99. The van der Waals surface area contributed by atoms with Gasteiger partial charge in [0.1, 0.15) is 0 Å². The average molecular weight is 276 g/mol. The van der Waals surface area contributed by atoms with E-state index in [-0.39, 0.29) is 5.91 Å². The van der Waals surface area contributed by atoms with Gasteiger partial charge >= 0.3 is 0 Å². The first kappa shape index (κ1) is 15.6. The predicted molar refractivity (Wildman–Crippen MR) is 79.8 cm³/mol. The summed E-state index contributed by atoms with van der Waals surface area (Å²) in [5.74, 6) is 1.99. The maximum absolute atomic E-state index is 11.5. The third-order valence-electron chi connectivity index (χ3n) is 2.63. The van der Waals surface area contributed by atoms with Crippen LogP contribution >= 0.6 is 11.8 Å². The summed E-state index contributed by atoms with van der Waals surface area (Å²) in [6.45, 7) is 5.05. The van der Waals surface area contributed by atoms with Crippen LogP contribution in [-0.2, 0) is 10.5 Å². The fourth-order valence-electron chi connectivity index (χ4n) is 1.49. The first-order valence-electron chi connectivity index (χ1n) is 6.45. The molecule has 102 valence electrons. The number of hydrogen-bond acceptors (Lipinski definition) is 3. The largest absolute Gasteiger partial charge is 0.355 e. The van der Waals surface area contributed by atoms with Gasteiger partial charge in [0.25, 0.3) is 0 Å². The summed E-state index contributed by atoms with van der Waals surface area (Å²) < 4.78 is 0. The Morgan fingerprint density at radius 1 is 1.37 bits per heavy atom. The molecule has 0 saturated carbocycles. The molecule has 0 aliphatic carbocycles. The van der Waals surface area contributed by atoms with Crippen LogP contribution in [0.3, 0.4) is 0 Å². The van der Waals surface area contributed by atoms with Gasteiger partial charge in [0.15, 0.2) is 0 Å². The number of carbonyl (C=O) groups is 1. The Morgan fingerprint density at radius 3 is 2.63 bits per heavy atom. The quantitative estimate of drug-likeness (QED) is 0.833. The minimum Gasteiger partial charge on any atom is -0.355 e. The maximum Gasteiger partial charge on any atom is 0.230 e. The van der Waals surface area contributed by atoms with Gasteiger partial charge in [-0.25, -0.2) is 0 Å². The van der Waals surface area contributed by atoms with Crippen molar-refractivity contribution in [2.45, 2.75) is 26.0 Å². The molecule has 0 unspecified atom stereocenters. The molecule has 0 atom stereocenters.